The number of nitro benzene ring substituents is 1. The Bertz CT molecular complexity index is 598. The smallest absolute Gasteiger partial charge is 0.284 e. The minimum Gasteiger partial charge on any atom is -0.379 e. The number of hydrogen-bond acceptors (Lipinski definition) is 5. The number of nitro groups is 1. The zero-order chi connectivity index (χ0) is 14.0. The summed E-state index contributed by atoms with van der Waals surface area (Å²) in [6.45, 7) is 1.17. The molecule has 0 spiro atoms. The summed E-state index contributed by atoms with van der Waals surface area (Å²) in [7, 11) is -3.71. The monoisotopic (exact) mass is 350 g/mol. The average Bonchev–Trinajstić information content (AvgIpc) is 2.39. The first-order valence-corrected chi connectivity index (χ1v) is 7.68. The van der Waals surface area contributed by atoms with E-state index in [2.05, 4.69) is 15.9 Å². The summed E-state index contributed by atoms with van der Waals surface area (Å²) in [6.07, 6.45) is 0. The molecule has 1 aliphatic rings. The molecule has 19 heavy (non-hydrogen) atoms. The van der Waals surface area contributed by atoms with E-state index in [4.69, 9.17) is 4.74 Å². The van der Waals surface area contributed by atoms with E-state index in [9.17, 15) is 18.5 Å². The Morgan fingerprint density at radius 3 is 2.53 bits per heavy atom. The molecule has 2 rings (SSSR count). The van der Waals surface area contributed by atoms with Gasteiger partial charge in [0.15, 0.2) is 0 Å². The van der Waals surface area contributed by atoms with Crippen molar-refractivity contribution >= 4 is 31.6 Å². The average molecular weight is 351 g/mol. The fraction of sp³-hybridized carbons (Fsp3) is 0.400. The van der Waals surface area contributed by atoms with Crippen LogP contribution in [0.4, 0.5) is 5.69 Å². The number of hydrogen-bond donors (Lipinski definition) is 0. The van der Waals surface area contributed by atoms with Crippen molar-refractivity contribution in [2.75, 3.05) is 26.3 Å². The summed E-state index contributed by atoms with van der Waals surface area (Å²) in [4.78, 5) is 10.1. The maximum Gasteiger partial charge on any atom is 0.284 e. The highest BCUT2D eigenvalue weighted by molar-refractivity contribution is 9.10. The predicted octanol–water partition coefficient (Wildman–Crippen LogP) is 1.38. The number of ether oxygens (including phenoxy) is 1. The van der Waals surface area contributed by atoms with E-state index in [-0.39, 0.29) is 28.1 Å². The van der Waals surface area contributed by atoms with Gasteiger partial charge in [-0.25, -0.2) is 8.42 Å². The highest BCUT2D eigenvalue weighted by atomic mass is 79.9. The Morgan fingerprint density at radius 2 is 1.95 bits per heavy atom. The second kappa shape index (κ2) is 5.53. The Hall–Kier alpha value is -1.03. The van der Waals surface area contributed by atoms with Gasteiger partial charge in [0.2, 0.25) is 10.0 Å². The standard InChI is InChI=1S/C10H11BrN2O5S/c11-9-2-1-8(7-10(9)13(14)15)19(16,17)12-3-5-18-6-4-12/h1-2,7H,3-6H2. The molecule has 0 N–H and O–H groups in total. The van der Waals surface area contributed by atoms with Gasteiger partial charge in [-0.2, -0.15) is 4.31 Å². The third-order valence-corrected chi connectivity index (χ3v) is 5.29. The molecule has 1 fully saturated rings. The van der Waals surface area contributed by atoms with E-state index in [1.807, 2.05) is 0 Å². The van der Waals surface area contributed by atoms with Crippen molar-refractivity contribution in [3.05, 3.63) is 32.8 Å². The number of halogens is 1. The molecule has 1 aliphatic heterocycles. The zero-order valence-electron chi connectivity index (χ0n) is 9.78. The molecular weight excluding hydrogens is 340 g/mol. The number of sulfonamides is 1. The predicted molar refractivity (Wildman–Crippen MR) is 70.4 cm³/mol. The van der Waals surface area contributed by atoms with Crippen LogP contribution in [-0.4, -0.2) is 43.9 Å². The molecule has 1 aromatic rings. The summed E-state index contributed by atoms with van der Waals surface area (Å²) < 4.78 is 31.2. The first-order chi connectivity index (χ1) is 8.93. The minimum atomic E-state index is -3.71. The molecule has 0 saturated carbocycles. The third kappa shape index (κ3) is 2.94. The number of benzene rings is 1. The first kappa shape index (κ1) is 14.4. The minimum absolute atomic E-state index is 0.0794. The van der Waals surface area contributed by atoms with E-state index in [1.54, 1.807) is 0 Å². The summed E-state index contributed by atoms with van der Waals surface area (Å²) in [5, 5.41) is 10.8. The molecule has 0 radical (unpaired) electrons. The van der Waals surface area contributed by atoms with Crippen LogP contribution in [0.3, 0.4) is 0 Å². The molecule has 0 unspecified atom stereocenters. The van der Waals surface area contributed by atoms with Crippen molar-refractivity contribution in [2.24, 2.45) is 0 Å². The van der Waals surface area contributed by atoms with E-state index in [1.165, 1.54) is 16.4 Å². The highest BCUT2D eigenvalue weighted by Crippen LogP contribution is 2.29. The van der Waals surface area contributed by atoms with Gasteiger partial charge in [0, 0.05) is 19.2 Å². The lowest BCUT2D eigenvalue weighted by Gasteiger charge is -2.25. The number of rotatable bonds is 3. The molecule has 7 nitrogen and oxygen atoms in total. The molecule has 1 saturated heterocycles. The van der Waals surface area contributed by atoms with Gasteiger partial charge >= 0.3 is 0 Å². The maximum atomic E-state index is 12.3. The first-order valence-electron chi connectivity index (χ1n) is 5.45. The van der Waals surface area contributed by atoms with Crippen LogP contribution >= 0.6 is 15.9 Å². The van der Waals surface area contributed by atoms with Crippen LogP contribution in [-0.2, 0) is 14.8 Å². The number of morpholine rings is 1. The van der Waals surface area contributed by atoms with Crippen LogP contribution in [0.5, 0.6) is 0 Å². The summed E-state index contributed by atoms with van der Waals surface area (Å²) >= 11 is 3.02. The van der Waals surface area contributed by atoms with Crippen molar-refractivity contribution < 1.29 is 18.1 Å². The molecule has 0 amide bonds. The normalized spacial score (nSPS) is 17.3. The van der Waals surface area contributed by atoms with Crippen molar-refractivity contribution in [3.63, 3.8) is 0 Å². The van der Waals surface area contributed by atoms with E-state index < -0.39 is 14.9 Å². The van der Waals surface area contributed by atoms with Gasteiger partial charge in [0.1, 0.15) is 0 Å². The van der Waals surface area contributed by atoms with Crippen molar-refractivity contribution in [2.45, 2.75) is 4.90 Å². The van der Waals surface area contributed by atoms with E-state index >= 15 is 0 Å². The molecular formula is C10H11BrN2O5S. The Balaban J connectivity index is 2.40. The lowest BCUT2D eigenvalue weighted by Crippen LogP contribution is -2.40. The molecule has 0 bridgehead atoms. The number of nitrogens with zero attached hydrogens (tertiary/aromatic N) is 2. The molecule has 0 aromatic heterocycles. The van der Waals surface area contributed by atoms with Crippen LogP contribution in [0, 0.1) is 10.1 Å². The molecule has 9 heteroatoms. The molecule has 1 heterocycles. The third-order valence-electron chi connectivity index (χ3n) is 2.72. The van der Waals surface area contributed by atoms with Crippen LogP contribution < -0.4 is 0 Å². The second-order valence-corrected chi connectivity index (χ2v) is 6.68. The van der Waals surface area contributed by atoms with Crippen molar-refractivity contribution in [1.29, 1.82) is 0 Å². The summed E-state index contributed by atoms with van der Waals surface area (Å²) in [5.74, 6) is 0. The lowest BCUT2D eigenvalue weighted by atomic mass is 10.3. The topological polar surface area (TPSA) is 89.8 Å². The van der Waals surface area contributed by atoms with Gasteiger partial charge in [-0.15, -0.1) is 0 Å². The molecule has 104 valence electrons. The van der Waals surface area contributed by atoms with Gasteiger partial charge < -0.3 is 4.74 Å². The van der Waals surface area contributed by atoms with Crippen LogP contribution in [0.15, 0.2) is 27.6 Å². The molecule has 0 atom stereocenters. The van der Waals surface area contributed by atoms with Crippen LogP contribution in [0.25, 0.3) is 0 Å². The van der Waals surface area contributed by atoms with Crippen molar-refractivity contribution in [1.82, 2.24) is 4.31 Å². The quantitative estimate of drug-likeness (QED) is 0.606. The highest BCUT2D eigenvalue weighted by Gasteiger charge is 2.28. The Kier molecular flexibility index (Phi) is 4.19. The van der Waals surface area contributed by atoms with Gasteiger partial charge in [0.05, 0.1) is 27.5 Å². The fourth-order valence-electron chi connectivity index (χ4n) is 1.73. The lowest BCUT2D eigenvalue weighted by molar-refractivity contribution is -0.385. The second-order valence-electron chi connectivity index (χ2n) is 3.89. The van der Waals surface area contributed by atoms with Gasteiger partial charge in [-0.1, -0.05) is 0 Å². The SMILES string of the molecule is O=[N+]([O-])c1cc(S(=O)(=O)N2CCOCC2)ccc1Br. The molecule has 0 aliphatic carbocycles. The fourth-order valence-corrected chi connectivity index (χ4v) is 3.55. The zero-order valence-corrected chi connectivity index (χ0v) is 12.2. The van der Waals surface area contributed by atoms with Gasteiger partial charge in [0.25, 0.3) is 5.69 Å². The summed E-state index contributed by atoms with van der Waals surface area (Å²) in [5.41, 5.74) is -0.269. The Morgan fingerprint density at radius 1 is 1.32 bits per heavy atom. The molecule has 1 aromatic carbocycles. The Labute approximate surface area is 118 Å². The maximum absolute atomic E-state index is 12.3. The van der Waals surface area contributed by atoms with E-state index in [0.29, 0.717) is 13.2 Å². The van der Waals surface area contributed by atoms with Gasteiger partial charge in [-0.3, -0.25) is 10.1 Å². The summed E-state index contributed by atoms with van der Waals surface area (Å²) in [6, 6.07) is 3.78. The van der Waals surface area contributed by atoms with E-state index in [0.717, 1.165) is 6.07 Å². The van der Waals surface area contributed by atoms with Crippen LogP contribution in [0.1, 0.15) is 0 Å². The largest absolute Gasteiger partial charge is 0.379 e. The van der Waals surface area contributed by atoms with Crippen molar-refractivity contribution in [3.8, 4) is 0 Å². The van der Waals surface area contributed by atoms with Crippen LogP contribution in [0.2, 0.25) is 0 Å². The van der Waals surface area contributed by atoms with Gasteiger partial charge in [-0.05, 0) is 28.1 Å².